The minimum absolute atomic E-state index is 0.0580. The molecule has 1 aromatic carbocycles. The van der Waals surface area contributed by atoms with Crippen LogP contribution < -0.4 is 15.4 Å². The van der Waals surface area contributed by atoms with E-state index >= 15 is 0 Å². The third kappa shape index (κ3) is 6.58. The molecule has 0 unspecified atom stereocenters. The number of benzene rings is 1. The molecule has 0 bridgehead atoms. The summed E-state index contributed by atoms with van der Waals surface area (Å²) in [7, 11) is 0. The van der Waals surface area contributed by atoms with Crippen LogP contribution in [-0.2, 0) is 4.79 Å². The highest BCUT2D eigenvalue weighted by Crippen LogP contribution is 2.07. The standard InChI is InChI=1S/C13H20N2O2/c1-2-14-9-8-13(16)15-10-11-17-12-6-4-3-5-7-12/h3-7,14H,2,8-11H2,1H3,(H,15,16). The highest BCUT2D eigenvalue weighted by Gasteiger charge is 1.99. The fourth-order valence-corrected chi connectivity index (χ4v) is 1.34. The van der Waals surface area contributed by atoms with E-state index in [4.69, 9.17) is 4.74 Å². The van der Waals surface area contributed by atoms with Crippen molar-refractivity contribution in [2.24, 2.45) is 0 Å². The highest BCUT2D eigenvalue weighted by molar-refractivity contribution is 5.76. The first-order valence-electron chi connectivity index (χ1n) is 5.98. The second-order valence-electron chi connectivity index (χ2n) is 3.62. The maximum Gasteiger partial charge on any atom is 0.221 e. The van der Waals surface area contributed by atoms with E-state index in [9.17, 15) is 4.79 Å². The van der Waals surface area contributed by atoms with Gasteiger partial charge in [-0.05, 0) is 18.7 Å². The molecule has 1 rings (SSSR count). The summed E-state index contributed by atoms with van der Waals surface area (Å²) in [5, 5.41) is 5.91. The average Bonchev–Trinajstić information content (AvgIpc) is 2.36. The zero-order valence-electron chi connectivity index (χ0n) is 10.2. The Morgan fingerprint density at radius 2 is 2.00 bits per heavy atom. The molecule has 0 aliphatic carbocycles. The quantitative estimate of drug-likeness (QED) is 0.666. The van der Waals surface area contributed by atoms with Gasteiger partial charge in [0.2, 0.25) is 5.91 Å². The van der Waals surface area contributed by atoms with Crippen molar-refractivity contribution in [3.63, 3.8) is 0 Å². The van der Waals surface area contributed by atoms with Crippen molar-refractivity contribution >= 4 is 5.91 Å². The van der Waals surface area contributed by atoms with E-state index in [1.54, 1.807) is 0 Å². The molecule has 0 heterocycles. The molecule has 0 aliphatic rings. The van der Waals surface area contributed by atoms with Crippen molar-refractivity contribution in [2.45, 2.75) is 13.3 Å². The van der Waals surface area contributed by atoms with Crippen LogP contribution >= 0.6 is 0 Å². The van der Waals surface area contributed by atoms with Crippen LogP contribution in [0.5, 0.6) is 5.75 Å². The summed E-state index contributed by atoms with van der Waals surface area (Å²) in [5.41, 5.74) is 0. The third-order valence-electron chi connectivity index (χ3n) is 2.22. The van der Waals surface area contributed by atoms with Crippen molar-refractivity contribution in [3.8, 4) is 5.75 Å². The average molecular weight is 236 g/mol. The van der Waals surface area contributed by atoms with Crippen LogP contribution in [0.4, 0.5) is 0 Å². The zero-order chi connectivity index (χ0) is 12.3. The summed E-state index contributed by atoms with van der Waals surface area (Å²) in [6.45, 7) is 4.68. The molecule has 1 aromatic rings. The lowest BCUT2D eigenvalue weighted by molar-refractivity contribution is -0.121. The van der Waals surface area contributed by atoms with Crippen LogP contribution in [0.15, 0.2) is 30.3 Å². The predicted octanol–water partition coefficient (Wildman–Crippen LogP) is 1.18. The molecule has 94 valence electrons. The maximum absolute atomic E-state index is 11.3. The van der Waals surface area contributed by atoms with E-state index in [0.29, 0.717) is 19.6 Å². The molecule has 4 nitrogen and oxygen atoms in total. The Bertz CT molecular complexity index is 314. The van der Waals surface area contributed by atoms with Gasteiger partial charge in [0.1, 0.15) is 12.4 Å². The Hall–Kier alpha value is -1.55. The molecule has 17 heavy (non-hydrogen) atoms. The van der Waals surface area contributed by atoms with Crippen LogP contribution in [0.2, 0.25) is 0 Å². The molecule has 0 atom stereocenters. The van der Waals surface area contributed by atoms with Gasteiger partial charge in [-0.25, -0.2) is 0 Å². The van der Waals surface area contributed by atoms with Gasteiger partial charge in [-0.3, -0.25) is 4.79 Å². The number of ether oxygens (including phenoxy) is 1. The summed E-state index contributed by atoms with van der Waals surface area (Å²) >= 11 is 0. The van der Waals surface area contributed by atoms with Gasteiger partial charge in [-0.2, -0.15) is 0 Å². The van der Waals surface area contributed by atoms with Gasteiger partial charge < -0.3 is 15.4 Å². The Labute approximate surface area is 102 Å². The Balaban J connectivity index is 2.02. The molecule has 0 radical (unpaired) electrons. The monoisotopic (exact) mass is 236 g/mol. The molecular formula is C13H20N2O2. The molecule has 0 aromatic heterocycles. The summed E-state index contributed by atoms with van der Waals surface area (Å²) < 4.78 is 5.45. The Morgan fingerprint density at radius 3 is 2.71 bits per heavy atom. The summed E-state index contributed by atoms with van der Waals surface area (Å²) in [4.78, 5) is 11.3. The van der Waals surface area contributed by atoms with Crippen molar-refractivity contribution in [1.82, 2.24) is 10.6 Å². The van der Waals surface area contributed by atoms with Gasteiger partial charge in [-0.15, -0.1) is 0 Å². The van der Waals surface area contributed by atoms with Gasteiger partial charge in [0.15, 0.2) is 0 Å². The van der Waals surface area contributed by atoms with Crippen LogP contribution in [0.1, 0.15) is 13.3 Å². The zero-order valence-corrected chi connectivity index (χ0v) is 10.2. The summed E-state index contributed by atoms with van der Waals surface area (Å²) in [6, 6.07) is 9.57. The molecule has 0 saturated carbocycles. The van der Waals surface area contributed by atoms with E-state index < -0.39 is 0 Å². The van der Waals surface area contributed by atoms with E-state index in [1.807, 2.05) is 37.3 Å². The van der Waals surface area contributed by atoms with Gasteiger partial charge in [0, 0.05) is 13.0 Å². The van der Waals surface area contributed by atoms with Crippen molar-refractivity contribution in [3.05, 3.63) is 30.3 Å². The molecular weight excluding hydrogens is 216 g/mol. The van der Waals surface area contributed by atoms with Crippen molar-refractivity contribution < 1.29 is 9.53 Å². The summed E-state index contributed by atoms with van der Waals surface area (Å²) in [6.07, 6.45) is 0.513. The van der Waals surface area contributed by atoms with Crippen LogP contribution in [0.3, 0.4) is 0 Å². The van der Waals surface area contributed by atoms with E-state index in [1.165, 1.54) is 0 Å². The minimum Gasteiger partial charge on any atom is -0.492 e. The third-order valence-corrected chi connectivity index (χ3v) is 2.22. The SMILES string of the molecule is CCNCCC(=O)NCCOc1ccccc1. The first-order chi connectivity index (χ1) is 8.33. The molecule has 4 heteroatoms. The van der Waals surface area contributed by atoms with Crippen molar-refractivity contribution in [1.29, 1.82) is 0 Å². The molecule has 1 amide bonds. The van der Waals surface area contributed by atoms with Gasteiger partial charge in [0.25, 0.3) is 0 Å². The lowest BCUT2D eigenvalue weighted by Gasteiger charge is -2.07. The van der Waals surface area contributed by atoms with Crippen LogP contribution in [0, 0.1) is 0 Å². The largest absolute Gasteiger partial charge is 0.492 e. The highest BCUT2D eigenvalue weighted by atomic mass is 16.5. The van der Waals surface area contributed by atoms with E-state index in [0.717, 1.165) is 18.8 Å². The number of carbonyl (C=O) groups is 1. The molecule has 0 aliphatic heterocycles. The van der Waals surface area contributed by atoms with E-state index in [-0.39, 0.29) is 5.91 Å². The van der Waals surface area contributed by atoms with Crippen LogP contribution in [0.25, 0.3) is 0 Å². The topological polar surface area (TPSA) is 50.4 Å². The number of carbonyl (C=O) groups excluding carboxylic acids is 1. The number of para-hydroxylation sites is 1. The number of amides is 1. The number of nitrogens with one attached hydrogen (secondary N) is 2. The minimum atomic E-state index is 0.0580. The van der Waals surface area contributed by atoms with Gasteiger partial charge in [0.05, 0.1) is 6.54 Å². The van der Waals surface area contributed by atoms with E-state index in [2.05, 4.69) is 10.6 Å². The fraction of sp³-hybridized carbons (Fsp3) is 0.462. The molecule has 0 spiro atoms. The first kappa shape index (κ1) is 13.5. The molecule has 0 fully saturated rings. The van der Waals surface area contributed by atoms with Crippen LogP contribution in [-0.4, -0.2) is 32.1 Å². The molecule has 0 saturated heterocycles. The van der Waals surface area contributed by atoms with Gasteiger partial charge >= 0.3 is 0 Å². The summed E-state index contributed by atoms with van der Waals surface area (Å²) in [5.74, 6) is 0.886. The molecule has 2 N–H and O–H groups in total. The normalized spacial score (nSPS) is 9.94. The van der Waals surface area contributed by atoms with Gasteiger partial charge in [-0.1, -0.05) is 25.1 Å². The lowest BCUT2D eigenvalue weighted by atomic mass is 10.3. The number of rotatable bonds is 8. The Morgan fingerprint density at radius 1 is 1.24 bits per heavy atom. The second-order valence-corrected chi connectivity index (χ2v) is 3.62. The van der Waals surface area contributed by atoms with Crippen molar-refractivity contribution in [2.75, 3.05) is 26.2 Å². The second kappa shape index (κ2) is 8.58. The first-order valence-corrected chi connectivity index (χ1v) is 5.98. The number of hydrogen-bond donors (Lipinski definition) is 2. The number of hydrogen-bond acceptors (Lipinski definition) is 3. The maximum atomic E-state index is 11.3. The lowest BCUT2D eigenvalue weighted by Crippen LogP contribution is -2.30. The smallest absolute Gasteiger partial charge is 0.221 e. The predicted molar refractivity (Wildman–Crippen MR) is 68.1 cm³/mol. The Kier molecular flexibility index (Phi) is 6.82. The fourth-order valence-electron chi connectivity index (χ4n) is 1.34.